The van der Waals surface area contributed by atoms with Crippen LogP contribution in [-0.4, -0.2) is 74.9 Å². The number of fused-ring (bicyclic) bond motifs is 1. The Morgan fingerprint density at radius 2 is 1.95 bits per heavy atom. The molecule has 0 radical (unpaired) electrons. The van der Waals surface area contributed by atoms with Crippen molar-refractivity contribution in [1.82, 2.24) is 24.8 Å². The number of halogens is 4. The summed E-state index contributed by atoms with van der Waals surface area (Å²) < 4.78 is 59.4. The SMILES string of the molecule is CCc1nc2c(cc1-c1ccc(F)cn1)c(OCC(F)(F)F)c(C(=O)NC1CCN(C(=O)CO)CC1)n2C. The first-order valence-corrected chi connectivity index (χ1v) is 12.1. The summed E-state index contributed by atoms with van der Waals surface area (Å²) in [7, 11) is 1.52. The number of aliphatic hydroxyl groups is 1. The molecule has 204 valence electrons. The maximum Gasteiger partial charge on any atom is 0.422 e. The first-order chi connectivity index (χ1) is 18.0. The number of aryl methyl sites for hydroxylation is 2. The van der Waals surface area contributed by atoms with Gasteiger partial charge in [-0.15, -0.1) is 0 Å². The number of likely N-dealkylation sites (tertiary alicyclic amines) is 1. The molecule has 1 fully saturated rings. The second kappa shape index (κ2) is 10.9. The largest absolute Gasteiger partial charge is 0.481 e. The van der Waals surface area contributed by atoms with Gasteiger partial charge in [0, 0.05) is 31.7 Å². The first kappa shape index (κ1) is 27.3. The zero-order valence-electron chi connectivity index (χ0n) is 20.8. The number of piperidine rings is 1. The zero-order chi connectivity index (χ0) is 27.6. The van der Waals surface area contributed by atoms with E-state index in [0.717, 1.165) is 6.20 Å². The third-order valence-corrected chi connectivity index (χ3v) is 6.45. The minimum atomic E-state index is -4.65. The fourth-order valence-corrected chi connectivity index (χ4v) is 4.56. The lowest BCUT2D eigenvalue weighted by atomic mass is 10.0. The molecule has 4 rings (SSSR count). The zero-order valence-corrected chi connectivity index (χ0v) is 20.8. The van der Waals surface area contributed by atoms with E-state index in [1.54, 1.807) is 6.07 Å². The minimum absolute atomic E-state index is 0.128. The number of aromatic nitrogens is 3. The summed E-state index contributed by atoms with van der Waals surface area (Å²) in [5, 5.41) is 12.1. The van der Waals surface area contributed by atoms with Crippen LogP contribution in [0, 0.1) is 5.82 Å². The number of pyridine rings is 2. The molecule has 2 N–H and O–H groups in total. The minimum Gasteiger partial charge on any atom is -0.481 e. The highest BCUT2D eigenvalue weighted by molar-refractivity contribution is 6.04. The van der Waals surface area contributed by atoms with Gasteiger partial charge in [-0.25, -0.2) is 9.37 Å². The molecule has 3 aromatic rings. The highest BCUT2D eigenvalue weighted by Crippen LogP contribution is 2.37. The van der Waals surface area contributed by atoms with Gasteiger partial charge in [-0.1, -0.05) is 6.92 Å². The monoisotopic (exact) mass is 537 g/mol. The molecule has 2 amide bonds. The van der Waals surface area contributed by atoms with Crippen LogP contribution in [-0.2, 0) is 18.3 Å². The van der Waals surface area contributed by atoms with Crippen LogP contribution >= 0.6 is 0 Å². The van der Waals surface area contributed by atoms with Crippen LogP contribution in [0.1, 0.15) is 35.9 Å². The summed E-state index contributed by atoms with van der Waals surface area (Å²) in [4.78, 5) is 35.2. The number of hydrogen-bond donors (Lipinski definition) is 2. The number of amides is 2. The van der Waals surface area contributed by atoms with Gasteiger partial charge in [0.1, 0.15) is 18.1 Å². The van der Waals surface area contributed by atoms with E-state index in [4.69, 9.17) is 9.84 Å². The maximum absolute atomic E-state index is 13.4. The van der Waals surface area contributed by atoms with E-state index < -0.39 is 37.0 Å². The van der Waals surface area contributed by atoms with Crippen molar-refractivity contribution in [3.05, 3.63) is 41.6 Å². The number of hydrogen-bond acceptors (Lipinski definition) is 6. The molecule has 1 saturated heterocycles. The van der Waals surface area contributed by atoms with Crippen molar-refractivity contribution in [2.45, 2.75) is 38.4 Å². The Morgan fingerprint density at radius 3 is 2.53 bits per heavy atom. The summed E-state index contributed by atoms with van der Waals surface area (Å²) in [6, 6.07) is 3.88. The molecule has 0 unspecified atom stereocenters. The van der Waals surface area contributed by atoms with Gasteiger partial charge in [0.05, 0.1) is 23.0 Å². The van der Waals surface area contributed by atoms with Crippen LogP contribution in [0.5, 0.6) is 5.75 Å². The predicted octanol–water partition coefficient (Wildman–Crippen LogP) is 2.99. The molecule has 1 aliphatic heterocycles. The number of carbonyl (C=O) groups excluding carboxylic acids is 2. The third-order valence-electron chi connectivity index (χ3n) is 6.45. The molecule has 0 saturated carbocycles. The highest BCUT2D eigenvalue weighted by atomic mass is 19.4. The quantitative estimate of drug-likeness (QED) is 0.449. The summed E-state index contributed by atoms with van der Waals surface area (Å²) in [6.45, 7) is 0.272. The van der Waals surface area contributed by atoms with E-state index in [1.165, 1.54) is 28.6 Å². The highest BCUT2D eigenvalue weighted by Gasteiger charge is 2.33. The van der Waals surface area contributed by atoms with Crippen LogP contribution in [0.3, 0.4) is 0 Å². The van der Waals surface area contributed by atoms with E-state index in [0.29, 0.717) is 49.3 Å². The van der Waals surface area contributed by atoms with Crippen LogP contribution in [0.15, 0.2) is 24.4 Å². The molecule has 4 heterocycles. The Labute approximate surface area is 215 Å². The van der Waals surface area contributed by atoms with Gasteiger partial charge in [-0.2, -0.15) is 13.2 Å². The Morgan fingerprint density at radius 1 is 1.24 bits per heavy atom. The summed E-state index contributed by atoms with van der Waals surface area (Å²) in [6.07, 6.45) is -2.35. The number of aliphatic hydroxyl groups excluding tert-OH is 1. The second-order valence-electron chi connectivity index (χ2n) is 9.00. The van der Waals surface area contributed by atoms with Gasteiger partial charge in [0.25, 0.3) is 5.91 Å². The Hall–Kier alpha value is -3.74. The molecule has 1 aliphatic rings. The van der Waals surface area contributed by atoms with Crippen molar-refractivity contribution in [3.63, 3.8) is 0 Å². The van der Waals surface area contributed by atoms with Gasteiger partial charge in [-0.3, -0.25) is 14.6 Å². The normalized spacial score (nSPS) is 14.7. The van der Waals surface area contributed by atoms with Crippen LogP contribution < -0.4 is 10.1 Å². The molecule has 0 spiro atoms. The lowest BCUT2D eigenvalue weighted by Gasteiger charge is -2.32. The summed E-state index contributed by atoms with van der Waals surface area (Å²) in [5.41, 5.74) is 1.54. The third kappa shape index (κ3) is 5.72. The molecule has 0 bridgehead atoms. The maximum atomic E-state index is 13.4. The first-order valence-electron chi connectivity index (χ1n) is 12.1. The van der Waals surface area contributed by atoms with Crippen LogP contribution in [0.4, 0.5) is 17.6 Å². The molecule has 0 aromatic carbocycles. The molecule has 3 aromatic heterocycles. The van der Waals surface area contributed by atoms with Gasteiger partial charge in [-0.05, 0) is 37.5 Å². The average molecular weight is 538 g/mol. The second-order valence-corrected chi connectivity index (χ2v) is 9.00. The Balaban J connectivity index is 1.73. The molecular weight excluding hydrogens is 510 g/mol. The van der Waals surface area contributed by atoms with E-state index in [2.05, 4.69) is 15.3 Å². The Bertz CT molecular complexity index is 1330. The molecule has 0 aliphatic carbocycles. The number of rotatable bonds is 7. The van der Waals surface area contributed by atoms with E-state index in [-0.39, 0.29) is 28.5 Å². The van der Waals surface area contributed by atoms with Crippen molar-refractivity contribution in [1.29, 1.82) is 0 Å². The van der Waals surface area contributed by atoms with E-state index in [1.807, 2.05) is 6.92 Å². The number of carbonyl (C=O) groups is 2. The van der Waals surface area contributed by atoms with E-state index >= 15 is 0 Å². The van der Waals surface area contributed by atoms with Crippen LogP contribution in [0.25, 0.3) is 22.3 Å². The van der Waals surface area contributed by atoms with Crippen molar-refractivity contribution in [2.24, 2.45) is 7.05 Å². The summed E-state index contributed by atoms with van der Waals surface area (Å²) >= 11 is 0. The Kier molecular flexibility index (Phi) is 7.86. The van der Waals surface area contributed by atoms with E-state index in [9.17, 15) is 27.2 Å². The number of nitrogens with zero attached hydrogens (tertiary/aromatic N) is 4. The van der Waals surface area contributed by atoms with Gasteiger partial charge < -0.3 is 24.6 Å². The fraction of sp³-hybridized carbons (Fsp3) is 0.440. The van der Waals surface area contributed by atoms with Crippen LogP contribution in [0.2, 0.25) is 0 Å². The lowest BCUT2D eigenvalue weighted by molar-refractivity contribution is -0.153. The molecule has 38 heavy (non-hydrogen) atoms. The molecule has 0 atom stereocenters. The van der Waals surface area contributed by atoms with Crippen molar-refractivity contribution in [3.8, 4) is 17.0 Å². The predicted molar refractivity (Wildman–Crippen MR) is 129 cm³/mol. The van der Waals surface area contributed by atoms with Gasteiger partial charge >= 0.3 is 6.18 Å². The van der Waals surface area contributed by atoms with Crippen molar-refractivity contribution < 1.29 is 37.0 Å². The lowest BCUT2D eigenvalue weighted by Crippen LogP contribution is -2.47. The standard InChI is InChI=1S/C25H27F4N5O4/c1-3-18-16(19-5-4-14(26)11-30-19)10-17-22(38-13-25(27,28)29)21(33(2)23(17)32-18)24(37)31-15-6-8-34(9-7-15)20(36)12-35/h4-5,10-11,15,35H,3,6-9,12-13H2,1-2H3,(H,31,37). The number of ether oxygens (including phenoxy) is 1. The van der Waals surface area contributed by atoms with Gasteiger partial charge in [0.2, 0.25) is 5.91 Å². The number of alkyl halides is 3. The van der Waals surface area contributed by atoms with Crippen molar-refractivity contribution in [2.75, 3.05) is 26.3 Å². The topological polar surface area (TPSA) is 110 Å². The van der Waals surface area contributed by atoms with Crippen molar-refractivity contribution >= 4 is 22.8 Å². The summed E-state index contributed by atoms with van der Waals surface area (Å²) in [5.74, 6) is -1.87. The molecule has 13 heteroatoms. The molecule has 9 nitrogen and oxygen atoms in total. The smallest absolute Gasteiger partial charge is 0.422 e. The molecular formula is C25H27F4N5O4. The fourth-order valence-electron chi connectivity index (χ4n) is 4.56. The van der Waals surface area contributed by atoms with Gasteiger partial charge in [0.15, 0.2) is 18.1 Å². The number of nitrogens with one attached hydrogen (secondary N) is 1. The average Bonchev–Trinajstić information content (AvgIpc) is 3.17.